The Morgan fingerprint density at radius 3 is 0.722 bits per heavy atom. The molecular formula is C38H48N4O12. The fourth-order valence-electron chi connectivity index (χ4n) is 4.79. The predicted molar refractivity (Wildman–Crippen MR) is 192 cm³/mol. The van der Waals surface area contributed by atoms with Crippen LogP contribution in [0.1, 0.15) is 91.9 Å². The predicted octanol–water partition coefficient (Wildman–Crippen LogP) is 1.90. The van der Waals surface area contributed by atoms with E-state index < -0.39 is 0 Å². The first kappa shape index (κ1) is 46.2. The Balaban J connectivity index is 0.000000362. The Morgan fingerprint density at radius 1 is 0.315 bits per heavy atom. The smallest absolute Gasteiger partial charge is 0.253 e. The minimum atomic E-state index is -0.332. The number of amides is 8. The standard InChI is InChI=1S/2C11H15NO3.2C8H9NO3/c2*1-9(13)5-3-2-4-8-12-10(14)6-7-11(12)15;2*1-6(10)4-5-9-7(11)2-3-8(9)12/h2*6-7H,2-5,8H2,1H3;2*2-3H,4-5H2,1H3. The third-order valence-electron chi connectivity index (χ3n) is 7.80. The van der Waals surface area contributed by atoms with Crippen LogP contribution in [-0.2, 0) is 57.5 Å². The number of Topliss-reactive ketones (excluding diaryl/α,β-unsaturated/α-hetero) is 4. The van der Waals surface area contributed by atoms with Gasteiger partial charge in [0.15, 0.2) is 0 Å². The molecule has 0 aliphatic carbocycles. The van der Waals surface area contributed by atoms with Crippen LogP contribution >= 0.6 is 0 Å². The van der Waals surface area contributed by atoms with Crippen molar-refractivity contribution in [2.45, 2.75) is 91.9 Å². The molecule has 0 atom stereocenters. The first-order valence-corrected chi connectivity index (χ1v) is 17.6. The Hall–Kier alpha value is -5.80. The molecule has 0 saturated heterocycles. The molecule has 4 aliphatic heterocycles. The van der Waals surface area contributed by atoms with E-state index in [2.05, 4.69) is 0 Å². The van der Waals surface area contributed by atoms with Crippen molar-refractivity contribution in [3.8, 4) is 0 Å². The average Bonchev–Trinajstić information content (AvgIpc) is 3.81. The molecule has 0 aromatic carbocycles. The van der Waals surface area contributed by atoms with Crippen LogP contribution in [0, 0.1) is 0 Å². The van der Waals surface area contributed by atoms with Crippen LogP contribution in [-0.4, -0.2) is 116 Å². The van der Waals surface area contributed by atoms with Gasteiger partial charge in [-0.3, -0.25) is 67.5 Å². The van der Waals surface area contributed by atoms with E-state index in [9.17, 15) is 57.5 Å². The van der Waals surface area contributed by atoms with Crippen LogP contribution in [0.15, 0.2) is 48.6 Å². The van der Waals surface area contributed by atoms with Gasteiger partial charge in [0.2, 0.25) is 0 Å². The van der Waals surface area contributed by atoms with E-state index in [0.29, 0.717) is 25.9 Å². The van der Waals surface area contributed by atoms with Crippen molar-refractivity contribution >= 4 is 70.4 Å². The van der Waals surface area contributed by atoms with E-state index in [-0.39, 0.29) is 96.3 Å². The molecule has 292 valence electrons. The van der Waals surface area contributed by atoms with E-state index in [1.54, 1.807) is 13.8 Å². The van der Waals surface area contributed by atoms with E-state index in [1.807, 2.05) is 0 Å². The fraction of sp³-hybridized carbons (Fsp3) is 0.474. The molecule has 16 nitrogen and oxygen atoms in total. The Kier molecular flexibility index (Phi) is 20.9. The summed E-state index contributed by atoms with van der Waals surface area (Å²) in [6, 6.07) is 0. The molecule has 0 aromatic heterocycles. The lowest BCUT2D eigenvalue weighted by Crippen LogP contribution is -2.31. The van der Waals surface area contributed by atoms with Crippen LogP contribution in [0.25, 0.3) is 0 Å². The maximum atomic E-state index is 11.1. The molecule has 4 rings (SSSR count). The number of hydrogen-bond acceptors (Lipinski definition) is 12. The molecule has 4 heterocycles. The van der Waals surface area contributed by atoms with Gasteiger partial charge in [0, 0.05) is 100 Å². The average molecular weight is 753 g/mol. The first-order chi connectivity index (χ1) is 25.4. The maximum absolute atomic E-state index is 11.1. The molecule has 4 aliphatic rings. The van der Waals surface area contributed by atoms with E-state index in [0.717, 1.165) is 48.3 Å². The van der Waals surface area contributed by atoms with Crippen molar-refractivity contribution in [3.05, 3.63) is 48.6 Å². The van der Waals surface area contributed by atoms with Crippen molar-refractivity contribution in [1.29, 1.82) is 0 Å². The second-order valence-corrected chi connectivity index (χ2v) is 12.6. The fourth-order valence-corrected chi connectivity index (χ4v) is 4.79. The maximum Gasteiger partial charge on any atom is 0.253 e. The quantitative estimate of drug-likeness (QED) is 0.145. The summed E-state index contributed by atoms with van der Waals surface area (Å²) in [7, 11) is 0. The van der Waals surface area contributed by atoms with Crippen LogP contribution < -0.4 is 0 Å². The summed E-state index contributed by atoms with van der Waals surface area (Å²) in [5.74, 6) is -1.93. The van der Waals surface area contributed by atoms with Crippen LogP contribution in [0.3, 0.4) is 0 Å². The lowest BCUT2D eigenvalue weighted by atomic mass is 10.1. The Bertz CT molecular complexity index is 1430. The monoisotopic (exact) mass is 752 g/mol. The Labute approximate surface area is 313 Å². The number of imide groups is 4. The van der Waals surface area contributed by atoms with Crippen molar-refractivity contribution in [2.75, 3.05) is 26.2 Å². The zero-order valence-electron chi connectivity index (χ0n) is 31.2. The van der Waals surface area contributed by atoms with E-state index in [1.165, 1.54) is 72.3 Å². The summed E-state index contributed by atoms with van der Waals surface area (Å²) < 4.78 is 0. The SMILES string of the molecule is CC(=O)CCCCCN1C(=O)C=CC1=O.CC(=O)CCCCCN1C(=O)C=CC1=O.CC(=O)CCN1C(=O)C=CC1=O.CC(=O)CCN1C(=O)C=CC1=O. The lowest BCUT2D eigenvalue weighted by molar-refractivity contribution is -0.139. The highest BCUT2D eigenvalue weighted by Crippen LogP contribution is 2.09. The molecule has 0 spiro atoms. The van der Waals surface area contributed by atoms with Gasteiger partial charge in [-0.25, -0.2) is 0 Å². The number of rotatable bonds is 18. The highest BCUT2D eigenvalue weighted by molar-refractivity contribution is 6.14. The van der Waals surface area contributed by atoms with Gasteiger partial charge in [-0.15, -0.1) is 0 Å². The lowest BCUT2D eigenvalue weighted by Gasteiger charge is -2.12. The van der Waals surface area contributed by atoms with E-state index in [4.69, 9.17) is 0 Å². The number of nitrogens with zero attached hydrogens (tertiary/aromatic N) is 4. The topological polar surface area (TPSA) is 218 Å². The molecule has 0 saturated carbocycles. The van der Waals surface area contributed by atoms with Crippen molar-refractivity contribution in [2.24, 2.45) is 0 Å². The molecule has 0 bridgehead atoms. The molecule has 0 fully saturated rings. The number of unbranched alkanes of at least 4 members (excludes halogenated alkanes) is 4. The third-order valence-corrected chi connectivity index (χ3v) is 7.80. The summed E-state index contributed by atoms with van der Waals surface area (Å²) >= 11 is 0. The van der Waals surface area contributed by atoms with Gasteiger partial charge in [-0.1, -0.05) is 12.8 Å². The summed E-state index contributed by atoms with van der Waals surface area (Å²) in [4.78, 5) is 135. The normalized spacial score (nSPS) is 15.5. The second kappa shape index (κ2) is 24.4. The number of carbonyl (C=O) groups excluding carboxylic acids is 12. The largest absolute Gasteiger partial charge is 0.300 e. The van der Waals surface area contributed by atoms with Crippen molar-refractivity contribution < 1.29 is 57.5 Å². The minimum Gasteiger partial charge on any atom is -0.300 e. The summed E-state index contributed by atoms with van der Waals surface area (Å²) in [6.07, 6.45) is 16.6. The molecule has 0 unspecified atom stereocenters. The summed E-state index contributed by atoms with van der Waals surface area (Å²) in [6.45, 7) is 7.30. The van der Waals surface area contributed by atoms with Gasteiger partial charge in [0.05, 0.1) is 0 Å². The summed E-state index contributed by atoms with van der Waals surface area (Å²) in [5.41, 5.74) is 0. The highest BCUT2D eigenvalue weighted by atomic mass is 16.2. The molecular weight excluding hydrogens is 704 g/mol. The number of carbonyl (C=O) groups is 12. The highest BCUT2D eigenvalue weighted by Gasteiger charge is 2.25. The van der Waals surface area contributed by atoms with Crippen molar-refractivity contribution in [3.63, 3.8) is 0 Å². The number of ketones is 4. The van der Waals surface area contributed by atoms with Gasteiger partial charge < -0.3 is 9.59 Å². The van der Waals surface area contributed by atoms with Crippen molar-refractivity contribution in [1.82, 2.24) is 19.6 Å². The van der Waals surface area contributed by atoms with Gasteiger partial charge in [-0.2, -0.15) is 0 Å². The first-order valence-electron chi connectivity index (χ1n) is 17.6. The molecule has 0 N–H and O–H groups in total. The van der Waals surface area contributed by atoms with Gasteiger partial charge in [0.1, 0.15) is 23.1 Å². The van der Waals surface area contributed by atoms with E-state index >= 15 is 0 Å². The zero-order chi connectivity index (χ0) is 40.8. The van der Waals surface area contributed by atoms with Crippen LogP contribution in [0.5, 0.6) is 0 Å². The zero-order valence-corrected chi connectivity index (χ0v) is 31.2. The molecule has 16 heteroatoms. The minimum absolute atomic E-state index is 0.0255. The van der Waals surface area contributed by atoms with Gasteiger partial charge in [0.25, 0.3) is 47.3 Å². The summed E-state index contributed by atoms with van der Waals surface area (Å²) in [5, 5.41) is 0. The molecule has 0 radical (unpaired) electrons. The third kappa shape index (κ3) is 18.1. The Morgan fingerprint density at radius 2 is 0.519 bits per heavy atom. The second-order valence-electron chi connectivity index (χ2n) is 12.6. The molecule has 54 heavy (non-hydrogen) atoms. The van der Waals surface area contributed by atoms with Crippen LogP contribution in [0.4, 0.5) is 0 Å². The number of hydrogen-bond donors (Lipinski definition) is 0. The van der Waals surface area contributed by atoms with Gasteiger partial charge in [-0.05, 0) is 53.4 Å². The van der Waals surface area contributed by atoms with Gasteiger partial charge >= 0.3 is 0 Å². The molecule has 0 aromatic rings. The molecule has 8 amide bonds. The van der Waals surface area contributed by atoms with Crippen LogP contribution in [0.2, 0.25) is 0 Å².